The van der Waals surface area contributed by atoms with E-state index in [1.165, 1.54) is 0 Å². The van der Waals surface area contributed by atoms with E-state index in [0.717, 1.165) is 10.9 Å². The number of aliphatic carboxylic acids is 1. The minimum absolute atomic E-state index is 0. The Morgan fingerprint density at radius 2 is 2.00 bits per heavy atom. The van der Waals surface area contributed by atoms with Crippen LogP contribution in [0.1, 0.15) is 5.69 Å². The summed E-state index contributed by atoms with van der Waals surface area (Å²) in [6.45, 7) is 0. The molecule has 0 spiro atoms. The third kappa shape index (κ3) is 3.15. The monoisotopic (exact) mass is 252 g/mol. The minimum atomic E-state index is -1.00. The summed E-state index contributed by atoms with van der Waals surface area (Å²) in [6.07, 6.45) is 0.250. The Labute approximate surface area is 105 Å². The van der Waals surface area contributed by atoms with Crippen molar-refractivity contribution in [3.8, 4) is 0 Å². The molecule has 0 bridgehead atoms. The van der Waals surface area contributed by atoms with E-state index in [9.17, 15) is 4.79 Å². The number of fused-ring (bicyclic) bond motifs is 1. The van der Waals surface area contributed by atoms with Gasteiger partial charge in [-0.1, -0.05) is 24.3 Å². The molecule has 0 aliphatic rings. The number of halogens is 1. The van der Waals surface area contributed by atoms with Crippen molar-refractivity contribution in [2.75, 3.05) is 0 Å². The average Bonchev–Trinajstić information content (AvgIpc) is 2.28. The quantitative estimate of drug-likeness (QED) is 0.870. The van der Waals surface area contributed by atoms with E-state index >= 15 is 0 Å². The van der Waals surface area contributed by atoms with Crippen LogP contribution in [0.4, 0.5) is 0 Å². The van der Waals surface area contributed by atoms with Crippen molar-refractivity contribution < 1.29 is 9.90 Å². The average molecular weight is 253 g/mol. The minimum Gasteiger partial charge on any atom is -0.480 e. The van der Waals surface area contributed by atoms with Crippen molar-refractivity contribution in [2.45, 2.75) is 12.5 Å². The highest BCUT2D eigenvalue weighted by Gasteiger charge is 2.12. The van der Waals surface area contributed by atoms with Gasteiger partial charge in [0.05, 0.1) is 5.52 Å². The molecule has 0 aliphatic carbocycles. The Kier molecular flexibility index (Phi) is 4.43. The lowest BCUT2D eigenvalue weighted by Gasteiger charge is -2.06. The number of pyridine rings is 1. The van der Waals surface area contributed by atoms with Crippen LogP contribution in [0, 0.1) is 0 Å². The number of carboxylic acids is 1. The molecule has 3 N–H and O–H groups in total. The van der Waals surface area contributed by atoms with E-state index < -0.39 is 12.0 Å². The highest BCUT2D eigenvalue weighted by atomic mass is 35.5. The summed E-state index contributed by atoms with van der Waals surface area (Å²) in [5, 5.41) is 9.74. The number of aromatic nitrogens is 1. The number of hydrogen-bond acceptors (Lipinski definition) is 3. The van der Waals surface area contributed by atoms with Gasteiger partial charge in [0.15, 0.2) is 0 Å². The zero-order chi connectivity index (χ0) is 11.5. The van der Waals surface area contributed by atoms with E-state index in [0.29, 0.717) is 5.69 Å². The molecule has 1 heterocycles. The first kappa shape index (κ1) is 13.4. The maximum Gasteiger partial charge on any atom is 0.320 e. The summed E-state index contributed by atoms with van der Waals surface area (Å²) >= 11 is 0. The second-order valence-electron chi connectivity index (χ2n) is 3.64. The Balaban J connectivity index is 0.00000144. The number of carboxylic acid groups (broad SMARTS) is 1. The molecule has 1 aromatic heterocycles. The fourth-order valence-corrected chi connectivity index (χ4v) is 1.53. The predicted octanol–water partition coefficient (Wildman–Crippen LogP) is 1.61. The molecule has 0 amide bonds. The maximum atomic E-state index is 10.6. The Bertz CT molecular complexity index is 531. The fourth-order valence-electron chi connectivity index (χ4n) is 1.53. The van der Waals surface area contributed by atoms with Gasteiger partial charge < -0.3 is 10.8 Å². The summed E-state index contributed by atoms with van der Waals surface area (Å²) in [6, 6.07) is 10.5. The van der Waals surface area contributed by atoms with Gasteiger partial charge in [0, 0.05) is 17.5 Å². The number of nitrogens with two attached hydrogens (primary N) is 1. The second-order valence-corrected chi connectivity index (χ2v) is 3.64. The molecule has 0 aliphatic heterocycles. The summed E-state index contributed by atoms with van der Waals surface area (Å²) in [4.78, 5) is 15.0. The highest BCUT2D eigenvalue weighted by Crippen LogP contribution is 2.12. The Hall–Kier alpha value is -1.65. The number of nitrogens with zero attached hydrogens (tertiary/aromatic N) is 1. The first-order chi connectivity index (χ1) is 7.66. The lowest BCUT2D eigenvalue weighted by Crippen LogP contribution is -2.32. The molecule has 17 heavy (non-hydrogen) atoms. The first-order valence-corrected chi connectivity index (χ1v) is 5.00. The van der Waals surface area contributed by atoms with Crippen LogP contribution in [0.15, 0.2) is 36.4 Å². The lowest BCUT2D eigenvalue weighted by atomic mass is 10.1. The molecule has 4 nitrogen and oxygen atoms in total. The van der Waals surface area contributed by atoms with Crippen LogP contribution >= 0.6 is 12.4 Å². The van der Waals surface area contributed by atoms with Crippen molar-refractivity contribution in [3.63, 3.8) is 0 Å². The SMILES string of the molecule is Cl.NC(Cc1ccc2ccccc2n1)C(=O)O. The van der Waals surface area contributed by atoms with Crippen LogP contribution in [0.25, 0.3) is 10.9 Å². The van der Waals surface area contributed by atoms with Crippen molar-refractivity contribution >= 4 is 29.3 Å². The van der Waals surface area contributed by atoms with Crippen molar-refractivity contribution in [1.82, 2.24) is 4.98 Å². The zero-order valence-corrected chi connectivity index (χ0v) is 9.85. The summed E-state index contributed by atoms with van der Waals surface area (Å²) < 4.78 is 0. The smallest absolute Gasteiger partial charge is 0.320 e. The molecule has 90 valence electrons. The fraction of sp³-hybridized carbons (Fsp3) is 0.167. The van der Waals surface area contributed by atoms with Gasteiger partial charge in [0.2, 0.25) is 0 Å². The second kappa shape index (κ2) is 5.61. The molecule has 0 saturated heterocycles. The summed E-state index contributed by atoms with van der Waals surface area (Å²) in [5.74, 6) is -1.00. The zero-order valence-electron chi connectivity index (χ0n) is 9.04. The van der Waals surface area contributed by atoms with Crippen molar-refractivity contribution in [1.29, 1.82) is 0 Å². The highest BCUT2D eigenvalue weighted by molar-refractivity contribution is 5.85. The van der Waals surface area contributed by atoms with Gasteiger partial charge >= 0.3 is 5.97 Å². The third-order valence-electron chi connectivity index (χ3n) is 2.40. The van der Waals surface area contributed by atoms with Gasteiger partial charge in [-0.3, -0.25) is 9.78 Å². The van der Waals surface area contributed by atoms with E-state index in [2.05, 4.69) is 4.98 Å². The van der Waals surface area contributed by atoms with Crippen LogP contribution < -0.4 is 5.73 Å². The molecule has 1 atom stereocenters. The maximum absolute atomic E-state index is 10.6. The van der Waals surface area contributed by atoms with Gasteiger partial charge in [-0.25, -0.2) is 0 Å². The third-order valence-corrected chi connectivity index (χ3v) is 2.40. The largest absolute Gasteiger partial charge is 0.480 e. The normalized spacial score (nSPS) is 11.8. The number of carbonyl (C=O) groups is 1. The van der Waals surface area contributed by atoms with Gasteiger partial charge in [0.1, 0.15) is 6.04 Å². The predicted molar refractivity (Wildman–Crippen MR) is 68.3 cm³/mol. The van der Waals surface area contributed by atoms with Crippen LogP contribution in [-0.2, 0) is 11.2 Å². The Morgan fingerprint density at radius 3 is 2.71 bits per heavy atom. The molecular weight excluding hydrogens is 240 g/mol. The molecule has 0 fully saturated rings. The van der Waals surface area contributed by atoms with Gasteiger partial charge in [-0.15, -0.1) is 12.4 Å². The van der Waals surface area contributed by atoms with E-state index in [4.69, 9.17) is 10.8 Å². The van der Waals surface area contributed by atoms with E-state index in [-0.39, 0.29) is 18.8 Å². The standard InChI is InChI=1S/C12H12N2O2.ClH/c13-10(12(15)16)7-9-6-5-8-3-1-2-4-11(8)14-9;/h1-6,10H,7,13H2,(H,15,16);1H. The molecule has 2 aromatic rings. The topological polar surface area (TPSA) is 76.2 Å². The van der Waals surface area contributed by atoms with E-state index in [1.807, 2.05) is 36.4 Å². The Morgan fingerprint density at radius 1 is 1.29 bits per heavy atom. The van der Waals surface area contributed by atoms with Gasteiger partial charge in [0.25, 0.3) is 0 Å². The van der Waals surface area contributed by atoms with Gasteiger partial charge in [-0.2, -0.15) is 0 Å². The molecule has 1 aromatic carbocycles. The van der Waals surface area contributed by atoms with E-state index in [1.54, 1.807) is 0 Å². The summed E-state index contributed by atoms with van der Waals surface area (Å²) in [5.41, 5.74) is 7.01. The molecule has 0 saturated carbocycles. The molecule has 1 unspecified atom stereocenters. The molecular formula is C12H13ClN2O2. The van der Waals surface area contributed by atoms with Gasteiger partial charge in [-0.05, 0) is 12.1 Å². The number of rotatable bonds is 3. The first-order valence-electron chi connectivity index (χ1n) is 5.00. The number of hydrogen-bond donors (Lipinski definition) is 2. The van der Waals surface area contributed by atoms with Crippen molar-refractivity contribution in [2.24, 2.45) is 5.73 Å². The van der Waals surface area contributed by atoms with Crippen LogP contribution in [0.5, 0.6) is 0 Å². The summed E-state index contributed by atoms with van der Waals surface area (Å²) in [7, 11) is 0. The number of para-hydroxylation sites is 1. The van der Waals surface area contributed by atoms with Crippen molar-refractivity contribution in [3.05, 3.63) is 42.1 Å². The molecule has 0 radical (unpaired) electrons. The van der Waals surface area contributed by atoms with Crippen LogP contribution in [-0.4, -0.2) is 22.1 Å². The molecule has 5 heteroatoms. The van der Waals surface area contributed by atoms with Crippen LogP contribution in [0.3, 0.4) is 0 Å². The lowest BCUT2D eigenvalue weighted by molar-refractivity contribution is -0.138. The van der Waals surface area contributed by atoms with Crippen LogP contribution in [0.2, 0.25) is 0 Å². The number of benzene rings is 1. The molecule has 2 rings (SSSR count).